The molecule has 0 unspecified atom stereocenters. The third-order valence-electron chi connectivity index (χ3n) is 1.63. The standard InChI is InChI=1S/C11H19Cl/c1-6-9(2)7-10(3)8-11(4,5)12/h6-7H,8H2,1-5H3/b9-6-,10-7+. The van der Waals surface area contributed by atoms with Crippen LogP contribution in [0.5, 0.6) is 0 Å². The molecule has 0 heterocycles. The summed E-state index contributed by atoms with van der Waals surface area (Å²) in [6.07, 6.45) is 5.23. The first-order chi connectivity index (χ1) is 5.35. The van der Waals surface area contributed by atoms with Crippen LogP contribution in [-0.2, 0) is 0 Å². The van der Waals surface area contributed by atoms with Crippen molar-refractivity contribution in [3.63, 3.8) is 0 Å². The minimum absolute atomic E-state index is 0.116. The van der Waals surface area contributed by atoms with Crippen molar-refractivity contribution in [2.75, 3.05) is 0 Å². The quantitative estimate of drug-likeness (QED) is 0.455. The molecular weight excluding hydrogens is 168 g/mol. The monoisotopic (exact) mass is 186 g/mol. The minimum atomic E-state index is -0.116. The summed E-state index contributed by atoms with van der Waals surface area (Å²) in [6, 6.07) is 0. The molecule has 0 aliphatic rings. The Hall–Kier alpha value is -0.230. The lowest BCUT2D eigenvalue weighted by atomic mass is 10.0. The molecule has 0 nitrogen and oxygen atoms in total. The molecule has 0 aromatic rings. The van der Waals surface area contributed by atoms with Crippen molar-refractivity contribution in [3.8, 4) is 0 Å². The van der Waals surface area contributed by atoms with Gasteiger partial charge in [-0.1, -0.05) is 23.3 Å². The fourth-order valence-corrected chi connectivity index (χ4v) is 1.40. The maximum absolute atomic E-state index is 6.09. The molecule has 0 spiro atoms. The maximum Gasteiger partial charge on any atom is 0.0427 e. The molecule has 0 amide bonds. The number of rotatable bonds is 3. The van der Waals surface area contributed by atoms with Gasteiger partial charge in [-0.05, 0) is 41.0 Å². The van der Waals surface area contributed by atoms with E-state index in [1.165, 1.54) is 11.1 Å². The average Bonchev–Trinajstić information content (AvgIpc) is 1.82. The van der Waals surface area contributed by atoms with Crippen LogP contribution >= 0.6 is 11.6 Å². The van der Waals surface area contributed by atoms with Gasteiger partial charge >= 0.3 is 0 Å². The molecule has 0 saturated heterocycles. The van der Waals surface area contributed by atoms with Gasteiger partial charge in [-0.3, -0.25) is 0 Å². The van der Waals surface area contributed by atoms with Crippen molar-refractivity contribution in [1.29, 1.82) is 0 Å². The molecule has 0 N–H and O–H groups in total. The molecule has 0 atom stereocenters. The summed E-state index contributed by atoms with van der Waals surface area (Å²) in [5.41, 5.74) is 2.64. The first kappa shape index (κ1) is 11.8. The first-order valence-electron chi connectivity index (χ1n) is 4.34. The van der Waals surface area contributed by atoms with Crippen LogP contribution in [0.15, 0.2) is 23.3 Å². The van der Waals surface area contributed by atoms with E-state index in [2.05, 4.69) is 26.0 Å². The van der Waals surface area contributed by atoms with E-state index in [4.69, 9.17) is 11.6 Å². The van der Waals surface area contributed by atoms with E-state index in [1.54, 1.807) is 0 Å². The van der Waals surface area contributed by atoms with E-state index in [9.17, 15) is 0 Å². The van der Waals surface area contributed by atoms with E-state index >= 15 is 0 Å². The van der Waals surface area contributed by atoms with Crippen LogP contribution in [0, 0.1) is 0 Å². The Labute approximate surface area is 81.3 Å². The van der Waals surface area contributed by atoms with E-state index in [0.717, 1.165) is 6.42 Å². The Morgan fingerprint density at radius 3 is 2.17 bits per heavy atom. The molecule has 70 valence electrons. The van der Waals surface area contributed by atoms with Gasteiger partial charge in [0.2, 0.25) is 0 Å². The molecule has 0 aliphatic heterocycles. The summed E-state index contributed by atoms with van der Waals surface area (Å²) >= 11 is 6.09. The average molecular weight is 187 g/mol. The summed E-state index contributed by atoms with van der Waals surface area (Å²) in [6.45, 7) is 10.3. The molecular formula is C11H19Cl. The van der Waals surface area contributed by atoms with Gasteiger partial charge in [-0.2, -0.15) is 0 Å². The van der Waals surface area contributed by atoms with Crippen LogP contribution < -0.4 is 0 Å². The van der Waals surface area contributed by atoms with Crippen molar-refractivity contribution < 1.29 is 0 Å². The second kappa shape index (κ2) is 4.71. The predicted molar refractivity (Wildman–Crippen MR) is 57.7 cm³/mol. The van der Waals surface area contributed by atoms with Crippen LogP contribution in [0.25, 0.3) is 0 Å². The van der Waals surface area contributed by atoms with Crippen molar-refractivity contribution in [2.24, 2.45) is 0 Å². The van der Waals surface area contributed by atoms with Gasteiger partial charge in [0.05, 0.1) is 0 Å². The lowest BCUT2D eigenvalue weighted by Crippen LogP contribution is -2.09. The molecule has 0 rings (SSSR count). The zero-order valence-electron chi connectivity index (χ0n) is 8.74. The van der Waals surface area contributed by atoms with E-state index < -0.39 is 0 Å². The number of hydrogen-bond acceptors (Lipinski definition) is 0. The topological polar surface area (TPSA) is 0 Å². The fraction of sp³-hybridized carbons (Fsp3) is 0.636. The van der Waals surface area contributed by atoms with Crippen molar-refractivity contribution in [1.82, 2.24) is 0 Å². The van der Waals surface area contributed by atoms with E-state index in [0.29, 0.717) is 0 Å². The highest BCUT2D eigenvalue weighted by Crippen LogP contribution is 2.23. The Kier molecular flexibility index (Phi) is 4.62. The van der Waals surface area contributed by atoms with Gasteiger partial charge in [0.15, 0.2) is 0 Å². The highest BCUT2D eigenvalue weighted by Gasteiger charge is 2.12. The summed E-state index contributed by atoms with van der Waals surface area (Å²) in [7, 11) is 0. The number of alkyl halides is 1. The van der Waals surface area contributed by atoms with E-state index in [1.807, 2.05) is 20.8 Å². The molecule has 0 radical (unpaired) electrons. The van der Waals surface area contributed by atoms with Gasteiger partial charge in [0, 0.05) is 4.87 Å². The Balaban J connectivity index is 4.22. The number of allylic oxidation sites excluding steroid dienone is 4. The van der Waals surface area contributed by atoms with Gasteiger partial charge in [-0.25, -0.2) is 0 Å². The van der Waals surface area contributed by atoms with Crippen LogP contribution in [0.2, 0.25) is 0 Å². The first-order valence-corrected chi connectivity index (χ1v) is 4.72. The molecule has 0 aromatic heterocycles. The molecule has 0 fully saturated rings. The smallest absolute Gasteiger partial charge is 0.0427 e. The zero-order valence-corrected chi connectivity index (χ0v) is 9.50. The second-order valence-corrected chi connectivity index (χ2v) is 4.94. The molecule has 12 heavy (non-hydrogen) atoms. The second-order valence-electron chi connectivity index (χ2n) is 3.92. The molecule has 0 aliphatic carbocycles. The Morgan fingerprint density at radius 1 is 1.33 bits per heavy atom. The third kappa shape index (κ3) is 6.48. The normalized spacial score (nSPS) is 15.2. The molecule has 0 aromatic carbocycles. The highest BCUT2D eigenvalue weighted by molar-refractivity contribution is 6.23. The number of halogens is 1. The van der Waals surface area contributed by atoms with Gasteiger partial charge in [0.25, 0.3) is 0 Å². The minimum Gasteiger partial charge on any atom is -0.120 e. The Bertz CT molecular complexity index is 192. The van der Waals surface area contributed by atoms with Crippen molar-refractivity contribution in [2.45, 2.75) is 45.9 Å². The van der Waals surface area contributed by atoms with Crippen LogP contribution in [-0.4, -0.2) is 4.87 Å². The van der Waals surface area contributed by atoms with Gasteiger partial charge in [0.1, 0.15) is 0 Å². The maximum atomic E-state index is 6.09. The molecule has 1 heteroatoms. The SMILES string of the molecule is C/C=C(C)\C=C(/C)CC(C)(C)Cl. The predicted octanol–water partition coefficient (Wildman–Crippen LogP) is 4.31. The van der Waals surface area contributed by atoms with Gasteiger partial charge < -0.3 is 0 Å². The van der Waals surface area contributed by atoms with Crippen LogP contribution in [0.4, 0.5) is 0 Å². The van der Waals surface area contributed by atoms with Crippen LogP contribution in [0.3, 0.4) is 0 Å². The lowest BCUT2D eigenvalue weighted by Gasteiger charge is -2.15. The molecule has 0 bridgehead atoms. The van der Waals surface area contributed by atoms with Crippen molar-refractivity contribution in [3.05, 3.63) is 23.3 Å². The summed E-state index contributed by atoms with van der Waals surface area (Å²) < 4.78 is 0. The summed E-state index contributed by atoms with van der Waals surface area (Å²) in [5, 5.41) is 0. The van der Waals surface area contributed by atoms with Gasteiger partial charge in [-0.15, -0.1) is 11.6 Å². The van der Waals surface area contributed by atoms with E-state index in [-0.39, 0.29) is 4.87 Å². The zero-order chi connectivity index (χ0) is 9.78. The van der Waals surface area contributed by atoms with Crippen molar-refractivity contribution >= 4 is 11.6 Å². The highest BCUT2D eigenvalue weighted by atomic mass is 35.5. The Morgan fingerprint density at radius 2 is 1.83 bits per heavy atom. The largest absolute Gasteiger partial charge is 0.120 e. The fourth-order valence-electron chi connectivity index (χ4n) is 1.19. The van der Waals surface area contributed by atoms with Crippen LogP contribution in [0.1, 0.15) is 41.0 Å². The third-order valence-corrected chi connectivity index (χ3v) is 1.76. The summed E-state index contributed by atoms with van der Waals surface area (Å²) in [4.78, 5) is -0.116. The number of hydrogen-bond donors (Lipinski definition) is 0. The lowest BCUT2D eigenvalue weighted by molar-refractivity contribution is 0.687. The molecule has 0 saturated carbocycles. The summed E-state index contributed by atoms with van der Waals surface area (Å²) in [5.74, 6) is 0.